The molecule has 1 N–H and O–H groups in total. The van der Waals surface area contributed by atoms with Crippen molar-refractivity contribution in [1.29, 1.82) is 5.26 Å². The van der Waals surface area contributed by atoms with Crippen LogP contribution in [-0.4, -0.2) is 23.9 Å². The van der Waals surface area contributed by atoms with Gasteiger partial charge in [-0.25, -0.2) is 0 Å². The van der Waals surface area contributed by atoms with Gasteiger partial charge < -0.3 is 10.2 Å². The van der Waals surface area contributed by atoms with Crippen LogP contribution in [0.1, 0.15) is 30.0 Å². The first kappa shape index (κ1) is 16.1. The maximum atomic E-state index is 12.9. The Kier molecular flexibility index (Phi) is 5.12. The van der Waals surface area contributed by atoms with Gasteiger partial charge in [0.1, 0.15) is 6.04 Å². The van der Waals surface area contributed by atoms with Crippen molar-refractivity contribution in [2.45, 2.75) is 25.3 Å². The van der Waals surface area contributed by atoms with Gasteiger partial charge in [0.15, 0.2) is 0 Å². The van der Waals surface area contributed by atoms with Crippen LogP contribution in [-0.2, 0) is 11.2 Å². The number of anilines is 1. The predicted octanol–water partition coefficient (Wildman–Crippen LogP) is 3.53. The zero-order valence-corrected chi connectivity index (χ0v) is 13.6. The van der Waals surface area contributed by atoms with E-state index in [0.29, 0.717) is 6.42 Å². The highest BCUT2D eigenvalue weighted by molar-refractivity contribution is 5.86. The molecule has 0 bridgehead atoms. The van der Waals surface area contributed by atoms with Gasteiger partial charge in [0, 0.05) is 18.8 Å². The second-order valence-electron chi connectivity index (χ2n) is 6.05. The van der Waals surface area contributed by atoms with E-state index in [4.69, 9.17) is 5.26 Å². The Bertz CT molecular complexity index is 713. The maximum absolute atomic E-state index is 12.9. The highest BCUT2D eigenvalue weighted by Crippen LogP contribution is 2.24. The summed E-state index contributed by atoms with van der Waals surface area (Å²) in [5.41, 5.74) is 2.83. The molecule has 2 aromatic rings. The van der Waals surface area contributed by atoms with E-state index in [2.05, 4.69) is 11.4 Å². The molecule has 0 radical (unpaired) electrons. The first-order chi connectivity index (χ1) is 11.8. The van der Waals surface area contributed by atoms with E-state index in [9.17, 15) is 4.79 Å². The van der Waals surface area contributed by atoms with Crippen LogP contribution in [0.5, 0.6) is 0 Å². The van der Waals surface area contributed by atoms with Crippen molar-refractivity contribution in [3.63, 3.8) is 0 Å². The van der Waals surface area contributed by atoms with E-state index in [-0.39, 0.29) is 11.9 Å². The number of hydrogen-bond donors (Lipinski definition) is 1. The topological polar surface area (TPSA) is 56.1 Å². The van der Waals surface area contributed by atoms with Gasteiger partial charge in [-0.15, -0.1) is 0 Å². The van der Waals surface area contributed by atoms with Crippen LogP contribution in [0.2, 0.25) is 0 Å². The average Bonchev–Trinajstić information content (AvgIpc) is 3.16. The molecule has 0 aromatic heterocycles. The highest BCUT2D eigenvalue weighted by Gasteiger charge is 2.27. The Balaban J connectivity index is 1.81. The molecule has 0 spiro atoms. The van der Waals surface area contributed by atoms with E-state index in [1.165, 1.54) is 0 Å². The smallest absolute Gasteiger partial charge is 0.249 e. The second-order valence-corrected chi connectivity index (χ2v) is 6.05. The number of nitriles is 1. The van der Waals surface area contributed by atoms with Gasteiger partial charge in [-0.1, -0.05) is 42.5 Å². The first-order valence-electron chi connectivity index (χ1n) is 8.34. The summed E-state index contributed by atoms with van der Waals surface area (Å²) in [6.07, 6.45) is 2.56. The molecule has 0 aliphatic carbocycles. The van der Waals surface area contributed by atoms with Crippen LogP contribution in [0.3, 0.4) is 0 Å². The fraction of sp³-hybridized carbons (Fsp3) is 0.300. The lowest BCUT2D eigenvalue weighted by molar-refractivity contribution is -0.131. The number of carbonyl (C=O) groups is 1. The Labute approximate surface area is 142 Å². The molecular formula is C20H21N3O. The zero-order valence-electron chi connectivity index (χ0n) is 13.6. The maximum Gasteiger partial charge on any atom is 0.249 e. The number of carbonyl (C=O) groups excluding carboxylic acids is 1. The van der Waals surface area contributed by atoms with Gasteiger partial charge >= 0.3 is 0 Å². The van der Waals surface area contributed by atoms with Gasteiger partial charge in [-0.3, -0.25) is 4.79 Å². The lowest BCUT2D eigenvalue weighted by atomic mass is 10.0. The molecular weight excluding hydrogens is 298 g/mol. The van der Waals surface area contributed by atoms with Gasteiger partial charge in [0.05, 0.1) is 12.5 Å². The zero-order chi connectivity index (χ0) is 16.8. The summed E-state index contributed by atoms with van der Waals surface area (Å²) in [6, 6.07) is 19.3. The number of amides is 1. The molecule has 1 aliphatic rings. The summed E-state index contributed by atoms with van der Waals surface area (Å²) in [4.78, 5) is 14.9. The van der Waals surface area contributed by atoms with Crippen molar-refractivity contribution in [1.82, 2.24) is 4.90 Å². The van der Waals surface area contributed by atoms with Gasteiger partial charge in [0.25, 0.3) is 0 Å². The molecule has 0 saturated carbocycles. The molecule has 1 unspecified atom stereocenters. The monoisotopic (exact) mass is 319 g/mol. The standard InChI is InChI=1S/C20H21N3O/c21-13-12-16-8-10-18(11-9-16)22-19(17-6-2-1-3-7-17)20(24)23-14-4-5-15-23/h1-3,6-11,19,22H,4-5,12,14-15H2. The molecule has 4 nitrogen and oxygen atoms in total. The minimum absolute atomic E-state index is 0.125. The van der Waals surface area contributed by atoms with E-state index in [1.54, 1.807) is 0 Å². The SMILES string of the molecule is N#CCc1ccc(NC(C(=O)N2CCCC2)c2ccccc2)cc1. The molecule has 3 rings (SSSR count). The average molecular weight is 319 g/mol. The van der Waals surface area contributed by atoms with Gasteiger partial charge in [-0.2, -0.15) is 5.26 Å². The summed E-state index contributed by atoms with van der Waals surface area (Å²) < 4.78 is 0. The Morgan fingerprint density at radius 2 is 1.75 bits per heavy atom. The van der Waals surface area contributed by atoms with Gasteiger partial charge in [0.2, 0.25) is 5.91 Å². The minimum Gasteiger partial charge on any atom is -0.370 e. The molecule has 1 aliphatic heterocycles. The molecule has 2 aromatic carbocycles. The Hall–Kier alpha value is -2.80. The van der Waals surface area contributed by atoms with E-state index in [0.717, 1.165) is 42.7 Å². The summed E-state index contributed by atoms with van der Waals surface area (Å²) in [7, 11) is 0. The van der Waals surface area contributed by atoms with Crippen molar-refractivity contribution >= 4 is 11.6 Å². The number of rotatable bonds is 5. The number of nitrogens with one attached hydrogen (secondary N) is 1. The molecule has 1 amide bonds. The normalized spacial score (nSPS) is 14.9. The second kappa shape index (κ2) is 7.65. The lowest BCUT2D eigenvalue weighted by Gasteiger charge is -2.25. The summed E-state index contributed by atoms with van der Waals surface area (Å²) in [5, 5.41) is 12.1. The molecule has 1 fully saturated rings. The van der Waals surface area contributed by atoms with E-state index < -0.39 is 0 Å². The van der Waals surface area contributed by atoms with E-state index >= 15 is 0 Å². The largest absolute Gasteiger partial charge is 0.370 e. The molecule has 1 heterocycles. The molecule has 1 saturated heterocycles. The van der Waals surface area contributed by atoms with Crippen LogP contribution < -0.4 is 5.32 Å². The number of hydrogen-bond acceptors (Lipinski definition) is 3. The van der Waals surface area contributed by atoms with Gasteiger partial charge in [-0.05, 0) is 36.1 Å². The summed E-state index contributed by atoms with van der Waals surface area (Å²) >= 11 is 0. The number of likely N-dealkylation sites (tertiary alicyclic amines) is 1. The Morgan fingerprint density at radius 1 is 1.08 bits per heavy atom. The summed E-state index contributed by atoms with van der Waals surface area (Å²) in [6.45, 7) is 1.68. The third-order valence-corrected chi connectivity index (χ3v) is 4.35. The number of nitrogens with zero attached hydrogens (tertiary/aromatic N) is 2. The van der Waals surface area contributed by atoms with Crippen LogP contribution in [0, 0.1) is 11.3 Å². The summed E-state index contributed by atoms with van der Waals surface area (Å²) in [5.74, 6) is 0.125. The van der Waals surface area contributed by atoms with Crippen molar-refractivity contribution in [2.24, 2.45) is 0 Å². The third-order valence-electron chi connectivity index (χ3n) is 4.35. The lowest BCUT2D eigenvalue weighted by Crippen LogP contribution is -2.36. The molecule has 122 valence electrons. The third kappa shape index (κ3) is 3.75. The highest BCUT2D eigenvalue weighted by atomic mass is 16.2. The number of benzene rings is 2. The van der Waals surface area contributed by atoms with Crippen molar-refractivity contribution in [3.8, 4) is 6.07 Å². The molecule has 4 heteroatoms. The first-order valence-corrected chi connectivity index (χ1v) is 8.34. The van der Waals surface area contributed by atoms with Crippen LogP contribution >= 0.6 is 0 Å². The fourth-order valence-electron chi connectivity index (χ4n) is 3.03. The van der Waals surface area contributed by atoms with Crippen molar-refractivity contribution in [3.05, 3.63) is 65.7 Å². The Morgan fingerprint density at radius 3 is 2.38 bits per heavy atom. The van der Waals surface area contributed by atoms with Crippen LogP contribution in [0.25, 0.3) is 0 Å². The van der Waals surface area contributed by atoms with E-state index in [1.807, 2.05) is 59.5 Å². The quantitative estimate of drug-likeness (QED) is 0.917. The fourth-order valence-corrected chi connectivity index (χ4v) is 3.03. The van der Waals surface area contributed by atoms with Crippen molar-refractivity contribution in [2.75, 3.05) is 18.4 Å². The van der Waals surface area contributed by atoms with Crippen LogP contribution in [0.4, 0.5) is 5.69 Å². The molecule has 1 atom stereocenters. The predicted molar refractivity (Wildman–Crippen MR) is 94.4 cm³/mol. The minimum atomic E-state index is -0.383. The molecule has 24 heavy (non-hydrogen) atoms. The van der Waals surface area contributed by atoms with Crippen LogP contribution in [0.15, 0.2) is 54.6 Å². The van der Waals surface area contributed by atoms with Crippen molar-refractivity contribution < 1.29 is 4.79 Å².